The fraction of sp³-hybridized carbons (Fsp3) is 0.0800. The highest BCUT2D eigenvalue weighted by Gasteiger charge is 2.36. The molecule has 1 aliphatic heterocycles. The molecule has 32 heavy (non-hydrogen) atoms. The molecule has 0 saturated heterocycles. The van der Waals surface area contributed by atoms with Gasteiger partial charge in [0.1, 0.15) is 18.9 Å². The Kier molecular flexibility index (Phi) is 5.03. The van der Waals surface area contributed by atoms with Gasteiger partial charge < -0.3 is 10.1 Å². The number of carbonyl (C=O) groups excluding carboxylic acids is 1. The maximum Gasteiger partial charge on any atom is 0.265 e. The van der Waals surface area contributed by atoms with Crippen molar-refractivity contribution >= 4 is 38.1 Å². The molecule has 0 saturated carbocycles. The third-order valence-corrected chi connectivity index (χ3v) is 7.16. The van der Waals surface area contributed by atoms with Crippen LogP contribution < -0.4 is 14.4 Å². The van der Waals surface area contributed by atoms with Gasteiger partial charge in [0, 0.05) is 11.1 Å². The lowest BCUT2D eigenvalue weighted by molar-refractivity contribution is -0.114. The minimum atomic E-state index is -3.77. The topological polar surface area (TPSA) is 75.7 Å². The minimum absolute atomic E-state index is 0.235. The molecule has 0 aliphatic carbocycles. The molecular weight excluding hydrogens is 424 g/mol. The molecule has 1 aliphatic rings. The van der Waals surface area contributed by atoms with E-state index in [1.165, 1.54) is 0 Å². The summed E-state index contributed by atoms with van der Waals surface area (Å²) < 4.78 is 33.0. The maximum atomic E-state index is 13.0. The molecule has 0 aromatic heterocycles. The van der Waals surface area contributed by atoms with E-state index in [0.29, 0.717) is 29.1 Å². The van der Waals surface area contributed by atoms with Gasteiger partial charge in [0.15, 0.2) is 0 Å². The number of rotatable bonds is 6. The molecule has 4 aromatic rings. The third-order valence-electron chi connectivity index (χ3n) is 5.35. The lowest BCUT2D eigenvalue weighted by atomic mass is 10.1. The van der Waals surface area contributed by atoms with Crippen molar-refractivity contribution in [1.29, 1.82) is 0 Å². The van der Waals surface area contributed by atoms with Gasteiger partial charge in [0.25, 0.3) is 10.0 Å². The number of nitrogens with zero attached hydrogens (tertiary/aromatic N) is 1. The number of anilines is 2. The molecule has 0 unspecified atom stereocenters. The van der Waals surface area contributed by atoms with Crippen LogP contribution in [-0.2, 0) is 21.4 Å². The molecule has 0 radical (unpaired) electrons. The van der Waals surface area contributed by atoms with Crippen LogP contribution in [0.25, 0.3) is 10.8 Å². The molecule has 0 fully saturated rings. The van der Waals surface area contributed by atoms with Crippen LogP contribution >= 0.6 is 0 Å². The van der Waals surface area contributed by atoms with E-state index in [-0.39, 0.29) is 11.4 Å². The van der Waals surface area contributed by atoms with E-state index in [4.69, 9.17) is 4.74 Å². The van der Waals surface area contributed by atoms with E-state index in [1.807, 2.05) is 42.5 Å². The van der Waals surface area contributed by atoms with Gasteiger partial charge in [-0.25, -0.2) is 8.42 Å². The quantitative estimate of drug-likeness (QED) is 0.473. The van der Waals surface area contributed by atoms with Crippen LogP contribution in [0.2, 0.25) is 0 Å². The Labute approximate surface area is 186 Å². The molecule has 160 valence electrons. The van der Waals surface area contributed by atoms with Crippen molar-refractivity contribution in [3.05, 3.63) is 96.6 Å². The molecular formula is C25H20N2O4S. The predicted molar refractivity (Wildman–Crippen MR) is 124 cm³/mol. The van der Waals surface area contributed by atoms with Crippen LogP contribution in [0.3, 0.4) is 0 Å². The van der Waals surface area contributed by atoms with Crippen molar-refractivity contribution in [2.45, 2.75) is 11.5 Å². The zero-order chi connectivity index (χ0) is 22.1. The van der Waals surface area contributed by atoms with Gasteiger partial charge in [-0.05, 0) is 47.3 Å². The Bertz CT molecular complexity index is 1400. The van der Waals surface area contributed by atoms with Gasteiger partial charge in [-0.3, -0.25) is 9.10 Å². The first kappa shape index (κ1) is 20.1. The van der Waals surface area contributed by atoms with Crippen LogP contribution in [0.1, 0.15) is 5.56 Å². The van der Waals surface area contributed by atoms with Crippen molar-refractivity contribution in [1.82, 2.24) is 0 Å². The Hall–Kier alpha value is -3.84. The summed E-state index contributed by atoms with van der Waals surface area (Å²) in [7, 11) is -3.77. The second-order valence-corrected chi connectivity index (χ2v) is 9.32. The monoisotopic (exact) mass is 444 g/mol. The molecule has 6 nitrogen and oxygen atoms in total. The average molecular weight is 445 g/mol. The van der Waals surface area contributed by atoms with Crippen LogP contribution in [0.5, 0.6) is 5.75 Å². The van der Waals surface area contributed by atoms with Crippen molar-refractivity contribution in [2.24, 2.45) is 0 Å². The van der Waals surface area contributed by atoms with Crippen molar-refractivity contribution in [3.8, 4) is 5.75 Å². The first-order valence-corrected chi connectivity index (χ1v) is 11.6. The summed E-state index contributed by atoms with van der Waals surface area (Å²) in [5.74, 6) is 0.257. The summed E-state index contributed by atoms with van der Waals surface area (Å²) in [5, 5.41) is 4.25. The third kappa shape index (κ3) is 3.67. The molecule has 1 amide bonds. The Morgan fingerprint density at radius 3 is 2.31 bits per heavy atom. The van der Waals surface area contributed by atoms with Gasteiger partial charge >= 0.3 is 0 Å². The normalized spacial score (nSPS) is 13.8. The summed E-state index contributed by atoms with van der Waals surface area (Å²) in [6.45, 7) is 0.147. The molecule has 7 heteroatoms. The number of hydrogen-bond donors (Lipinski definition) is 1. The van der Waals surface area contributed by atoms with E-state index in [2.05, 4.69) is 5.32 Å². The lowest BCUT2D eigenvalue weighted by Gasteiger charge is -2.18. The Morgan fingerprint density at radius 2 is 1.56 bits per heavy atom. The fourth-order valence-electron chi connectivity index (χ4n) is 3.83. The zero-order valence-corrected chi connectivity index (χ0v) is 17.9. The molecule has 4 aromatic carbocycles. The van der Waals surface area contributed by atoms with Gasteiger partial charge in [0.05, 0.1) is 10.6 Å². The van der Waals surface area contributed by atoms with Crippen molar-refractivity contribution < 1.29 is 17.9 Å². The van der Waals surface area contributed by atoms with Gasteiger partial charge in [-0.1, -0.05) is 54.6 Å². The number of hydrogen-bond acceptors (Lipinski definition) is 4. The summed E-state index contributed by atoms with van der Waals surface area (Å²) in [6.07, 6.45) is 0. The van der Waals surface area contributed by atoms with Crippen molar-refractivity contribution in [3.63, 3.8) is 0 Å². The smallest absolute Gasteiger partial charge is 0.265 e. The van der Waals surface area contributed by atoms with Crippen LogP contribution in [0.15, 0.2) is 95.9 Å². The summed E-state index contributed by atoms with van der Waals surface area (Å²) in [6, 6.07) is 27.4. The Balaban J connectivity index is 1.27. The number of nitrogens with one attached hydrogen (secondary N) is 1. The number of ether oxygens (including phenoxy) is 1. The number of carbonyl (C=O) groups is 1. The second kappa shape index (κ2) is 8.01. The van der Waals surface area contributed by atoms with E-state index in [1.54, 1.807) is 48.5 Å². The molecule has 0 bridgehead atoms. The predicted octanol–water partition coefficient (Wildman–Crippen LogP) is 4.57. The summed E-state index contributed by atoms with van der Waals surface area (Å²) in [4.78, 5) is 12.9. The largest absolute Gasteiger partial charge is 0.489 e. The number of sulfonamides is 1. The Morgan fingerprint density at radius 1 is 0.844 bits per heavy atom. The molecule has 1 N–H and O–H groups in total. The molecule has 5 rings (SSSR count). The van der Waals surface area contributed by atoms with Gasteiger partial charge in [-0.15, -0.1) is 0 Å². The van der Waals surface area contributed by atoms with Crippen LogP contribution in [0, 0.1) is 0 Å². The van der Waals surface area contributed by atoms with E-state index >= 15 is 0 Å². The first-order chi connectivity index (χ1) is 15.5. The standard InChI is InChI=1S/C25H20N2O4S/c28-24(26-20-12-14-21(15-13-20)31-17-18-6-2-1-3-7-18)16-27-22-10-4-8-19-9-5-11-23(25(19)22)32(27,29)30/h1-15H,16-17H2,(H,26,28). The lowest BCUT2D eigenvalue weighted by Crippen LogP contribution is -2.35. The van der Waals surface area contributed by atoms with Crippen LogP contribution in [0.4, 0.5) is 11.4 Å². The summed E-state index contributed by atoms with van der Waals surface area (Å²) in [5.41, 5.74) is 2.15. The molecule has 1 heterocycles. The fourth-order valence-corrected chi connectivity index (χ4v) is 5.50. The van der Waals surface area contributed by atoms with Gasteiger partial charge in [0.2, 0.25) is 5.91 Å². The van der Waals surface area contributed by atoms with Crippen molar-refractivity contribution in [2.75, 3.05) is 16.2 Å². The average Bonchev–Trinajstić information content (AvgIpc) is 3.02. The highest BCUT2D eigenvalue weighted by molar-refractivity contribution is 7.93. The molecule has 0 spiro atoms. The minimum Gasteiger partial charge on any atom is -0.489 e. The van der Waals surface area contributed by atoms with Crippen LogP contribution in [-0.4, -0.2) is 20.9 Å². The van der Waals surface area contributed by atoms with E-state index in [9.17, 15) is 13.2 Å². The van der Waals surface area contributed by atoms with Gasteiger partial charge in [-0.2, -0.15) is 0 Å². The summed E-state index contributed by atoms with van der Waals surface area (Å²) >= 11 is 0. The molecule has 0 atom stereocenters. The van der Waals surface area contributed by atoms with E-state index < -0.39 is 15.9 Å². The SMILES string of the molecule is O=C(CN1c2cccc3cccc(c23)S1(=O)=O)Nc1ccc(OCc2ccccc2)cc1. The van der Waals surface area contributed by atoms with E-state index in [0.717, 1.165) is 15.3 Å². The maximum absolute atomic E-state index is 13.0. The first-order valence-electron chi connectivity index (χ1n) is 10.1. The zero-order valence-electron chi connectivity index (χ0n) is 17.1. The second-order valence-electron chi connectivity index (χ2n) is 7.49. The number of amides is 1. The highest BCUT2D eigenvalue weighted by atomic mass is 32.2. The number of benzene rings is 4. The highest BCUT2D eigenvalue weighted by Crippen LogP contribution is 2.41.